The summed E-state index contributed by atoms with van der Waals surface area (Å²) in [5, 5.41) is 3.53. The number of anilines is 2. The zero-order valence-corrected chi connectivity index (χ0v) is 12.9. The van der Waals surface area contributed by atoms with Crippen molar-refractivity contribution < 1.29 is 4.74 Å². The highest BCUT2D eigenvalue weighted by atomic mass is 16.5. The van der Waals surface area contributed by atoms with Crippen molar-refractivity contribution in [1.82, 2.24) is 4.90 Å². The van der Waals surface area contributed by atoms with Crippen LogP contribution in [0.2, 0.25) is 0 Å². The number of hydrogen-bond acceptors (Lipinski definition) is 4. The minimum Gasteiger partial charge on any atom is -0.494 e. The first-order valence-electron chi connectivity index (χ1n) is 7.46. The maximum atomic E-state index is 5.92. The Morgan fingerprint density at radius 2 is 2.00 bits per heavy atom. The number of hydrogen-bond donors (Lipinski definition) is 2. The summed E-state index contributed by atoms with van der Waals surface area (Å²) < 4.78 is 5.53. The number of nitrogens with one attached hydrogen (secondary N) is 1. The molecule has 0 bridgehead atoms. The lowest BCUT2D eigenvalue weighted by Gasteiger charge is -2.38. The molecule has 1 aromatic carbocycles. The number of nitrogen functional groups attached to an aromatic ring is 1. The fourth-order valence-corrected chi connectivity index (χ4v) is 2.62. The molecule has 1 aliphatic rings. The zero-order valence-electron chi connectivity index (χ0n) is 12.9. The van der Waals surface area contributed by atoms with Crippen LogP contribution in [0.4, 0.5) is 11.4 Å². The highest BCUT2D eigenvalue weighted by Crippen LogP contribution is 2.31. The van der Waals surface area contributed by atoms with Crippen molar-refractivity contribution in [2.75, 3.05) is 44.3 Å². The fraction of sp³-hybridized carbons (Fsp3) is 0.625. The van der Waals surface area contributed by atoms with Gasteiger partial charge < -0.3 is 20.7 Å². The highest BCUT2D eigenvalue weighted by molar-refractivity contribution is 5.59. The van der Waals surface area contributed by atoms with Gasteiger partial charge in [-0.1, -0.05) is 6.92 Å². The molecule has 1 aliphatic heterocycles. The quantitative estimate of drug-likeness (QED) is 0.813. The molecule has 0 radical (unpaired) electrons. The van der Waals surface area contributed by atoms with Crippen molar-refractivity contribution in [3.05, 3.63) is 18.2 Å². The minimum atomic E-state index is 0.364. The first-order chi connectivity index (χ1) is 9.50. The zero-order chi connectivity index (χ0) is 14.6. The lowest BCUT2D eigenvalue weighted by atomic mass is 9.80. The molecular formula is C16H27N3O. The van der Waals surface area contributed by atoms with Crippen LogP contribution in [-0.4, -0.2) is 38.2 Å². The van der Waals surface area contributed by atoms with Crippen LogP contribution in [0.1, 0.15) is 26.7 Å². The van der Waals surface area contributed by atoms with E-state index in [1.807, 2.05) is 25.1 Å². The van der Waals surface area contributed by atoms with Gasteiger partial charge in [0, 0.05) is 30.1 Å². The third kappa shape index (κ3) is 4.04. The van der Waals surface area contributed by atoms with Crippen LogP contribution in [-0.2, 0) is 0 Å². The molecule has 20 heavy (non-hydrogen) atoms. The van der Waals surface area contributed by atoms with Crippen molar-refractivity contribution in [1.29, 1.82) is 0 Å². The molecule has 1 fully saturated rings. The van der Waals surface area contributed by atoms with E-state index in [-0.39, 0.29) is 0 Å². The van der Waals surface area contributed by atoms with E-state index in [2.05, 4.69) is 24.2 Å². The van der Waals surface area contributed by atoms with E-state index in [9.17, 15) is 0 Å². The van der Waals surface area contributed by atoms with Gasteiger partial charge in [0.2, 0.25) is 0 Å². The SMILES string of the molecule is CCOc1cc(N)cc(NCC2(C)CCN(C)CC2)c1. The molecule has 2 rings (SSSR count). The first-order valence-corrected chi connectivity index (χ1v) is 7.46. The number of rotatable bonds is 5. The summed E-state index contributed by atoms with van der Waals surface area (Å²) in [7, 11) is 2.19. The Kier molecular flexibility index (Phi) is 4.76. The summed E-state index contributed by atoms with van der Waals surface area (Å²) in [6.07, 6.45) is 2.47. The second kappa shape index (κ2) is 6.35. The van der Waals surface area contributed by atoms with Gasteiger partial charge in [-0.15, -0.1) is 0 Å². The monoisotopic (exact) mass is 277 g/mol. The molecule has 4 nitrogen and oxygen atoms in total. The molecule has 0 atom stereocenters. The van der Waals surface area contributed by atoms with Gasteiger partial charge in [-0.2, -0.15) is 0 Å². The number of benzene rings is 1. The van der Waals surface area contributed by atoms with Gasteiger partial charge >= 0.3 is 0 Å². The predicted molar refractivity (Wildman–Crippen MR) is 85.4 cm³/mol. The number of likely N-dealkylation sites (tertiary alicyclic amines) is 1. The van der Waals surface area contributed by atoms with Crippen LogP contribution in [0.15, 0.2) is 18.2 Å². The Bertz CT molecular complexity index is 439. The third-order valence-corrected chi connectivity index (χ3v) is 4.15. The van der Waals surface area contributed by atoms with Gasteiger partial charge in [0.1, 0.15) is 5.75 Å². The largest absolute Gasteiger partial charge is 0.494 e. The summed E-state index contributed by atoms with van der Waals surface area (Å²) in [5.41, 5.74) is 8.08. The van der Waals surface area contributed by atoms with Crippen LogP contribution in [0.3, 0.4) is 0 Å². The molecule has 0 saturated carbocycles. The molecular weight excluding hydrogens is 250 g/mol. The molecule has 1 saturated heterocycles. The summed E-state index contributed by atoms with van der Waals surface area (Å²) in [5.74, 6) is 0.837. The Morgan fingerprint density at radius 3 is 2.65 bits per heavy atom. The molecule has 0 aromatic heterocycles. The second-order valence-electron chi connectivity index (χ2n) is 6.19. The Hall–Kier alpha value is -1.42. The van der Waals surface area contributed by atoms with Gasteiger partial charge in [0.25, 0.3) is 0 Å². The average Bonchev–Trinajstić information content (AvgIpc) is 2.40. The normalized spacial score (nSPS) is 18.8. The van der Waals surface area contributed by atoms with Crippen molar-refractivity contribution >= 4 is 11.4 Å². The number of nitrogens with two attached hydrogens (primary N) is 1. The lowest BCUT2D eigenvalue weighted by Crippen LogP contribution is -2.40. The van der Waals surface area contributed by atoms with Crippen LogP contribution < -0.4 is 15.8 Å². The van der Waals surface area contributed by atoms with Gasteiger partial charge in [-0.25, -0.2) is 0 Å². The fourth-order valence-electron chi connectivity index (χ4n) is 2.62. The second-order valence-corrected chi connectivity index (χ2v) is 6.19. The van der Waals surface area contributed by atoms with E-state index in [1.165, 1.54) is 25.9 Å². The molecule has 112 valence electrons. The summed E-state index contributed by atoms with van der Waals surface area (Å²) in [6.45, 7) is 8.35. The maximum Gasteiger partial charge on any atom is 0.123 e. The Labute approximate surface area is 122 Å². The van der Waals surface area contributed by atoms with E-state index in [0.717, 1.165) is 23.7 Å². The Balaban J connectivity index is 1.96. The molecule has 1 heterocycles. The van der Waals surface area contributed by atoms with Crippen LogP contribution in [0, 0.1) is 5.41 Å². The molecule has 0 amide bonds. The summed E-state index contributed by atoms with van der Waals surface area (Å²) >= 11 is 0. The molecule has 1 aromatic rings. The number of nitrogens with zero attached hydrogens (tertiary/aromatic N) is 1. The topological polar surface area (TPSA) is 50.5 Å². The van der Waals surface area contributed by atoms with Crippen molar-refractivity contribution in [3.8, 4) is 5.75 Å². The van der Waals surface area contributed by atoms with E-state index >= 15 is 0 Å². The number of ether oxygens (including phenoxy) is 1. The summed E-state index contributed by atoms with van der Waals surface area (Å²) in [4.78, 5) is 2.40. The average molecular weight is 277 g/mol. The molecule has 0 aliphatic carbocycles. The molecule has 0 unspecified atom stereocenters. The highest BCUT2D eigenvalue weighted by Gasteiger charge is 2.28. The maximum absolute atomic E-state index is 5.92. The molecule has 3 N–H and O–H groups in total. The smallest absolute Gasteiger partial charge is 0.123 e. The summed E-state index contributed by atoms with van der Waals surface area (Å²) in [6, 6.07) is 5.87. The number of piperidine rings is 1. The van der Waals surface area contributed by atoms with Crippen molar-refractivity contribution in [3.63, 3.8) is 0 Å². The van der Waals surface area contributed by atoms with Gasteiger partial charge in [0.15, 0.2) is 0 Å². The van der Waals surface area contributed by atoms with E-state index in [1.54, 1.807) is 0 Å². The Morgan fingerprint density at radius 1 is 1.30 bits per heavy atom. The van der Waals surface area contributed by atoms with Gasteiger partial charge in [-0.3, -0.25) is 0 Å². The van der Waals surface area contributed by atoms with E-state index in [4.69, 9.17) is 10.5 Å². The lowest BCUT2D eigenvalue weighted by molar-refractivity contribution is 0.150. The van der Waals surface area contributed by atoms with Crippen molar-refractivity contribution in [2.24, 2.45) is 5.41 Å². The molecule has 0 spiro atoms. The van der Waals surface area contributed by atoms with E-state index < -0.39 is 0 Å². The van der Waals surface area contributed by atoms with Crippen LogP contribution >= 0.6 is 0 Å². The van der Waals surface area contributed by atoms with Crippen molar-refractivity contribution in [2.45, 2.75) is 26.7 Å². The van der Waals surface area contributed by atoms with E-state index in [0.29, 0.717) is 12.0 Å². The predicted octanol–water partition coefficient (Wildman–Crippen LogP) is 2.81. The van der Waals surface area contributed by atoms with Gasteiger partial charge in [0.05, 0.1) is 6.61 Å². The first kappa shape index (κ1) is 15.0. The van der Waals surface area contributed by atoms with Crippen LogP contribution in [0.25, 0.3) is 0 Å². The third-order valence-electron chi connectivity index (χ3n) is 4.15. The molecule has 4 heteroatoms. The van der Waals surface area contributed by atoms with Crippen LogP contribution in [0.5, 0.6) is 5.75 Å². The van der Waals surface area contributed by atoms with Gasteiger partial charge in [-0.05, 0) is 51.4 Å². The minimum absolute atomic E-state index is 0.364. The standard InChI is InChI=1S/C16H27N3O/c1-4-20-15-10-13(17)9-14(11-15)18-12-16(2)5-7-19(3)8-6-16/h9-11,18H,4-8,12,17H2,1-3H3.